The van der Waals surface area contributed by atoms with Gasteiger partial charge in [0.25, 0.3) is 12.2 Å². The van der Waals surface area contributed by atoms with Gasteiger partial charge < -0.3 is 10.2 Å². The van der Waals surface area contributed by atoms with Crippen molar-refractivity contribution in [2.24, 2.45) is 0 Å². The van der Waals surface area contributed by atoms with Gasteiger partial charge >= 0.3 is 10.2 Å². The van der Waals surface area contributed by atoms with Crippen LogP contribution in [0.1, 0.15) is 0 Å². The fourth-order valence-corrected chi connectivity index (χ4v) is 1.21. The van der Waals surface area contributed by atoms with Crippen LogP contribution in [0.5, 0.6) is 0 Å². The summed E-state index contributed by atoms with van der Waals surface area (Å²) in [5.41, 5.74) is 0. The van der Waals surface area contributed by atoms with Crippen LogP contribution < -0.4 is 0 Å². The quantitative estimate of drug-likeness (QED) is 0.182. The molecule has 0 saturated carbocycles. The first kappa shape index (κ1) is 18.1. The van der Waals surface area contributed by atoms with Crippen molar-refractivity contribution < 1.29 is 29.9 Å². The van der Waals surface area contributed by atoms with E-state index >= 15 is 0 Å². The SMILES string of the molecule is O=[N+]([O-])C(Cl)(C(O)C(O)C(Cl)([N+](=O)[O-])[N+](=O)[O-])[N+](=O)[O-]. The number of nitrogens with zero attached hydrogens (tertiary/aromatic N) is 4. The van der Waals surface area contributed by atoms with Crippen LogP contribution >= 0.6 is 23.2 Å². The number of rotatable bonds is 7. The highest BCUT2D eigenvalue weighted by Crippen LogP contribution is 2.32. The fourth-order valence-electron chi connectivity index (χ4n) is 0.967. The van der Waals surface area contributed by atoms with Gasteiger partial charge in [-0.15, -0.1) is 0 Å². The molecule has 2 atom stereocenters. The number of nitro groups is 4. The zero-order valence-corrected chi connectivity index (χ0v) is 10.4. The lowest BCUT2D eigenvalue weighted by Gasteiger charge is -2.22. The zero-order valence-electron chi connectivity index (χ0n) is 8.86. The van der Waals surface area contributed by atoms with E-state index in [0.717, 1.165) is 0 Å². The van der Waals surface area contributed by atoms with Gasteiger partial charge in [0.15, 0.2) is 0 Å². The summed E-state index contributed by atoms with van der Waals surface area (Å²) in [6, 6.07) is 0. The zero-order chi connectivity index (χ0) is 16.5. The minimum absolute atomic E-state index is 1.90. The Morgan fingerprint density at radius 2 is 0.850 bits per heavy atom. The van der Waals surface area contributed by atoms with Crippen LogP contribution in [0.4, 0.5) is 0 Å². The second-order valence-corrected chi connectivity index (χ2v) is 4.30. The average molecular weight is 339 g/mol. The lowest BCUT2D eigenvalue weighted by molar-refractivity contribution is -0.799. The second-order valence-electron chi connectivity index (χ2n) is 3.19. The first-order valence-electron chi connectivity index (χ1n) is 4.16. The summed E-state index contributed by atoms with van der Waals surface area (Å²) in [6.45, 7) is 0. The summed E-state index contributed by atoms with van der Waals surface area (Å²) in [7, 11) is 0. The topological polar surface area (TPSA) is 213 Å². The predicted octanol–water partition coefficient (Wildman–Crippen LogP) is -1.40. The number of alkyl halides is 2. The van der Waals surface area contributed by atoms with Crippen LogP contribution in [0.2, 0.25) is 0 Å². The maximum Gasteiger partial charge on any atom is 0.565 e. The standard InChI is InChI=1S/C4H4Cl2N4O10/c5-3(7(13)14,8(15)16)1(11)2(12)4(6,9(17)18)10(19)20/h1-2,11-12H. The van der Waals surface area contributed by atoms with Gasteiger partial charge in [0.1, 0.15) is 19.7 Å². The number of halogens is 2. The third-order valence-electron chi connectivity index (χ3n) is 2.08. The van der Waals surface area contributed by atoms with Gasteiger partial charge in [0.2, 0.25) is 0 Å². The van der Waals surface area contributed by atoms with Gasteiger partial charge in [-0.3, -0.25) is 40.5 Å². The Kier molecular flexibility index (Phi) is 5.08. The normalized spacial score (nSPS) is 15.2. The smallest absolute Gasteiger partial charge is 0.375 e. The van der Waals surface area contributed by atoms with E-state index in [1.165, 1.54) is 0 Å². The van der Waals surface area contributed by atoms with Gasteiger partial charge in [-0.2, -0.15) is 0 Å². The minimum Gasteiger partial charge on any atom is -0.375 e. The Bertz CT molecular complexity index is 398. The molecule has 0 aliphatic heterocycles. The highest BCUT2D eigenvalue weighted by Gasteiger charge is 2.75. The lowest BCUT2D eigenvalue weighted by atomic mass is 10.1. The first-order chi connectivity index (χ1) is 8.84. The molecule has 0 aromatic heterocycles. The summed E-state index contributed by atoms with van der Waals surface area (Å²) < 4.78 is 0. The Labute approximate surface area is 117 Å². The maximum absolute atomic E-state index is 10.5. The molecule has 114 valence electrons. The molecular formula is C4H4Cl2N4O10. The van der Waals surface area contributed by atoms with Crippen LogP contribution in [0.3, 0.4) is 0 Å². The van der Waals surface area contributed by atoms with Crippen LogP contribution in [-0.4, -0.2) is 52.4 Å². The summed E-state index contributed by atoms with van der Waals surface area (Å²) in [5, 5.41) is 52.2. The number of hydrogen-bond acceptors (Lipinski definition) is 10. The summed E-state index contributed by atoms with van der Waals surface area (Å²) >= 11 is 9.72. The highest BCUT2D eigenvalue weighted by atomic mass is 35.5. The van der Waals surface area contributed by atoms with E-state index in [0.29, 0.717) is 0 Å². The number of aliphatic hydroxyl groups excluding tert-OH is 2. The van der Waals surface area contributed by atoms with Crippen molar-refractivity contribution in [1.82, 2.24) is 0 Å². The minimum atomic E-state index is -4.06. The molecule has 14 nitrogen and oxygen atoms in total. The predicted molar refractivity (Wildman–Crippen MR) is 57.2 cm³/mol. The van der Waals surface area contributed by atoms with Gasteiger partial charge in [-0.05, 0) is 0 Å². The molecule has 0 radical (unpaired) electrons. The Hall–Kier alpha value is -1.90. The Morgan fingerprint density at radius 3 is 0.950 bits per heavy atom. The first-order valence-corrected chi connectivity index (χ1v) is 4.92. The molecule has 0 spiro atoms. The summed E-state index contributed by atoms with van der Waals surface area (Å²) in [4.78, 5) is 34.2. The molecule has 0 aromatic carbocycles. The molecular weight excluding hydrogens is 335 g/mol. The van der Waals surface area contributed by atoms with E-state index in [4.69, 9.17) is 23.2 Å². The van der Waals surface area contributed by atoms with E-state index in [2.05, 4.69) is 0 Å². The number of aliphatic hydroxyl groups is 2. The van der Waals surface area contributed by atoms with Crippen LogP contribution in [0.15, 0.2) is 0 Å². The molecule has 2 unspecified atom stereocenters. The molecule has 0 aromatic rings. The van der Waals surface area contributed by atoms with E-state index in [9.17, 15) is 50.7 Å². The molecule has 0 rings (SSSR count). The molecule has 2 N–H and O–H groups in total. The van der Waals surface area contributed by atoms with Crippen LogP contribution in [0.25, 0.3) is 0 Å². The molecule has 0 aliphatic rings. The van der Waals surface area contributed by atoms with Crippen molar-refractivity contribution in [3.63, 3.8) is 0 Å². The van der Waals surface area contributed by atoms with E-state index in [1.807, 2.05) is 0 Å². The van der Waals surface area contributed by atoms with Crippen molar-refractivity contribution in [2.45, 2.75) is 22.5 Å². The summed E-state index contributed by atoms with van der Waals surface area (Å²) in [6.07, 6.45) is -6.72. The van der Waals surface area contributed by atoms with Crippen LogP contribution in [0, 0.1) is 40.5 Å². The monoisotopic (exact) mass is 338 g/mol. The largest absolute Gasteiger partial charge is 0.565 e. The van der Waals surface area contributed by atoms with Gasteiger partial charge in [0.05, 0.1) is 23.2 Å². The molecule has 0 amide bonds. The van der Waals surface area contributed by atoms with Crippen LogP contribution in [-0.2, 0) is 0 Å². The Balaban J connectivity index is 5.86. The van der Waals surface area contributed by atoms with Gasteiger partial charge in [0, 0.05) is 0 Å². The van der Waals surface area contributed by atoms with Crippen molar-refractivity contribution in [1.29, 1.82) is 0 Å². The molecule has 20 heavy (non-hydrogen) atoms. The van der Waals surface area contributed by atoms with Crippen molar-refractivity contribution in [3.05, 3.63) is 40.5 Å². The van der Waals surface area contributed by atoms with Crippen molar-refractivity contribution >= 4 is 23.2 Å². The molecule has 16 heteroatoms. The molecule has 0 bridgehead atoms. The lowest BCUT2D eigenvalue weighted by Crippen LogP contribution is -2.64. The molecule has 0 heterocycles. The van der Waals surface area contributed by atoms with Gasteiger partial charge in [-0.25, -0.2) is 0 Å². The summed E-state index contributed by atoms with van der Waals surface area (Å²) in [5.74, 6) is 0. The van der Waals surface area contributed by atoms with E-state index < -0.39 is 42.1 Å². The molecule has 0 fully saturated rings. The average Bonchev–Trinajstić information content (AvgIpc) is 2.33. The van der Waals surface area contributed by atoms with E-state index in [-0.39, 0.29) is 0 Å². The second kappa shape index (κ2) is 5.61. The molecule has 0 aliphatic carbocycles. The van der Waals surface area contributed by atoms with Crippen molar-refractivity contribution in [3.8, 4) is 0 Å². The third kappa shape index (κ3) is 2.53. The molecule has 0 saturated heterocycles. The van der Waals surface area contributed by atoms with Crippen molar-refractivity contribution in [2.75, 3.05) is 0 Å². The third-order valence-corrected chi connectivity index (χ3v) is 3.08. The highest BCUT2D eigenvalue weighted by molar-refractivity contribution is 6.23. The number of hydrogen-bond donors (Lipinski definition) is 2. The van der Waals surface area contributed by atoms with Gasteiger partial charge in [-0.1, -0.05) is 0 Å². The Morgan fingerprint density at radius 1 is 0.700 bits per heavy atom. The fraction of sp³-hybridized carbons (Fsp3) is 1.00. The van der Waals surface area contributed by atoms with E-state index in [1.54, 1.807) is 0 Å². The maximum atomic E-state index is 10.5.